The van der Waals surface area contributed by atoms with E-state index in [4.69, 9.17) is 10.6 Å². The van der Waals surface area contributed by atoms with E-state index in [9.17, 15) is 4.79 Å². The molecule has 16 heavy (non-hydrogen) atoms. The number of nitrogens with two attached hydrogens (primary N) is 1. The molecule has 0 aromatic heterocycles. The third-order valence-electron chi connectivity index (χ3n) is 2.58. The number of amides is 1. The molecule has 4 heteroatoms. The standard InChI is InChI=1S/C12H26N2O2/c1-3-4-5-6-8-11(2)16-10-7-9-12(15)14-13/h11H,3-10,13H2,1-2H3,(H,14,15). The highest BCUT2D eigenvalue weighted by Gasteiger charge is 2.03. The molecule has 0 saturated heterocycles. The minimum absolute atomic E-state index is 0.126. The summed E-state index contributed by atoms with van der Waals surface area (Å²) >= 11 is 0. The molecular formula is C12H26N2O2. The first-order valence-electron chi connectivity index (χ1n) is 6.31. The van der Waals surface area contributed by atoms with Crippen LogP contribution < -0.4 is 11.3 Å². The number of carbonyl (C=O) groups is 1. The van der Waals surface area contributed by atoms with Gasteiger partial charge in [-0.2, -0.15) is 0 Å². The van der Waals surface area contributed by atoms with E-state index in [0.717, 1.165) is 12.8 Å². The van der Waals surface area contributed by atoms with E-state index in [1.807, 2.05) is 0 Å². The summed E-state index contributed by atoms with van der Waals surface area (Å²) in [5.74, 6) is 4.84. The molecule has 0 aromatic rings. The van der Waals surface area contributed by atoms with Crippen molar-refractivity contribution >= 4 is 5.91 Å². The lowest BCUT2D eigenvalue weighted by Crippen LogP contribution is -2.30. The van der Waals surface area contributed by atoms with Crippen LogP contribution in [0.4, 0.5) is 0 Å². The lowest BCUT2D eigenvalue weighted by molar-refractivity contribution is -0.121. The normalized spacial score (nSPS) is 12.4. The van der Waals surface area contributed by atoms with Crippen LogP contribution in [0.2, 0.25) is 0 Å². The second kappa shape index (κ2) is 10.9. The van der Waals surface area contributed by atoms with E-state index >= 15 is 0 Å². The zero-order valence-corrected chi connectivity index (χ0v) is 10.6. The summed E-state index contributed by atoms with van der Waals surface area (Å²) in [5.41, 5.74) is 2.11. The predicted octanol–water partition coefficient (Wildman–Crippen LogP) is 2.13. The molecule has 1 amide bonds. The monoisotopic (exact) mass is 230 g/mol. The SMILES string of the molecule is CCCCCCC(C)OCCCC(=O)NN. The minimum atomic E-state index is -0.126. The van der Waals surface area contributed by atoms with E-state index in [2.05, 4.69) is 19.3 Å². The highest BCUT2D eigenvalue weighted by atomic mass is 16.5. The fourth-order valence-corrected chi connectivity index (χ4v) is 1.53. The van der Waals surface area contributed by atoms with E-state index in [-0.39, 0.29) is 5.91 Å². The van der Waals surface area contributed by atoms with E-state index < -0.39 is 0 Å². The molecule has 0 spiro atoms. The summed E-state index contributed by atoms with van der Waals surface area (Å²) in [4.78, 5) is 10.8. The third kappa shape index (κ3) is 9.93. The number of unbranched alkanes of at least 4 members (excludes halogenated alkanes) is 3. The maximum atomic E-state index is 10.8. The first-order chi connectivity index (χ1) is 7.70. The van der Waals surface area contributed by atoms with Crippen LogP contribution in [0.1, 0.15) is 58.8 Å². The Labute approximate surface area is 98.9 Å². The van der Waals surface area contributed by atoms with E-state index in [1.165, 1.54) is 25.7 Å². The van der Waals surface area contributed by atoms with Gasteiger partial charge in [-0.05, 0) is 19.8 Å². The maximum absolute atomic E-state index is 10.8. The van der Waals surface area contributed by atoms with Crippen molar-refractivity contribution in [2.24, 2.45) is 5.84 Å². The number of carbonyl (C=O) groups excluding carboxylic acids is 1. The predicted molar refractivity (Wildman–Crippen MR) is 65.7 cm³/mol. The van der Waals surface area contributed by atoms with Crippen LogP contribution in [0, 0.1) is 0 Å². The van der Waals surface area contributed by atoms with Crippen molar-refractivity contribution in [3.05, 3.63) is 0 Å². The molecule has 4 nitrogen and oxygen atoms in total. The van der Waals surface area contributed by atoms with Gasteiger partial charge in [0.15, 0.2) is 0 Å². The van der Waals surface area contributed by atoms with Gasteiger partial charge in [-0.1, -0.05) is 32.6 Å². The summed E-state index contributed by atoms with van der Waals surface area (Å²) in [6, 6.07) is 0. The molecule has 1 unspecified atom stereocenters. The molecule has 1 atom stereocenters. The summed E-state index contributed by atoms with van der Waals surface area (Å²) < 4.78 is 5.60. The van der Waals surface area contributed by atoms with Crippen LogP contribution in [0.5, 0.6) is 0 Å². The lowest BCUT2D eigenvalue weighted by atomic mass is 10.1. The number of ether oxygens (including phenoxy) is 1. The van der Waals surface area contributed by atoms with Crippen LogP contribution >= 0.6 is 0 Å². The Bertz CT molecular complexity index is 174. The summed E-state index contributed by atoms with van der Waals surface area (Å²) in [7, 11) is 0. The number of rotatable bonds is 10. The van der Waals surface area contributed by atoms with Crippen molar-refractivity contribution in [2.75, 3.05) is 6.61 Å². The van der Waals surface area contributed by atoms with Crippen molar-refractivity contribution in [2.45, 2.75) is 64.9 Å². The Hall–Kier alpha value is -0.610. The molecule has 0 saturated carbocycles. The fourth-order valence-electron chi connectivity index (χ4n) is 1.53. The Kier molecular flexibility index (Phi) is 10.5. The van der Waals surface area contributed by atoms with Gasteiger partial charge >= 0.3 is 0 Å². The quantitative estimate of drug-likeness (QED) is 0.261. The van der Waals surface area contributed by atoms with Gasteiger partial charge in [-0.3, -0.25) is 10.2 Å². The number of hydrogen-bond acceptors (Lipinski definition) is 3. The summed E-state index contributed by atoms with van der Waals surface area (Å²) in [6.45, 7) is 4.94. The second-order valence-corrected chi connectivity index (χ2v) is 4.20. The smallest absolute Gasteiger partial charge is 0.233 e. The Morgan fingerprint density at radius 2 is 2.06 bits per heavy atom. The molecule has 0 aliphatic rings. The van der Waals surface area contributed by atoms with Gasteiger partial charge in [0.1, 0.15) is 0 Å². The highest BCUT2D eigenvalue weighted by molar-refractivity contribution is 5.75. The lowest BCUT2D eigenvalue weighted by Gasteiger charge is -2.12. The van der Waals surface area contributed by atoms with Gasteiger partial charge in [0.2, 0.25) is 5.91 Å². The van der Waals surface area contributed by atoms with Gasteiger partial charge in [0, 0.05) is 13.0 Å². The Morgan fingerprint density at radius 3 is 2.69 bits per heavy atom. The average Bonchev–Trinajstić information content (AvgIpc) is 2.30. The van der Waals surface area contributed by atoms with Crippen molar-refractivity contribution in [3.8, 4) is 0 Å². The van der Waals surface area contributed by atoms with Crippen molar-refractivity contribution in [1.29, 1.82) is 0 Å². The average molecular weight is 230 g/mol. The van der Waals surface area contributed by atoms with Crippen molar-refractivity contribution < 1.29 is 9.53 Å². The van der Waals surface area contributed by atoms with Gasteiger partial charge < -0.3 is 4.74 Å². The molecule has 0 bridgehead atoms. The number of hydrazine groups is 1. The van der Waals surface area contributed by atoms with E-state index in [0.29, 0.717) is 19.1 Å². The molecule has 0 aliphatic carbocycles. The Balaban J connectivity index is 3.23. The van der Waals surface area contributed by atoms with Crippen molar-refractivity contribution in [1.82, 2.24) is 5.43 Å². The topological polar surface area (TPSA) is 64.3 Å². The van der Waals surface area contributed by atoms with Gasteiger partial charge in [-0.15, -0.1) is 0 Å². The molecule has 0 heterocycles. The second-order valence-electron chi connectivity index (χ2n) is 4.20. The summed E-state index contributed by atoms with van der Waals surface area (Å²) in [6.07, 6.45) is 7.70. The third-order valence-corrected chi connectivity index (χ3v) is 2.58. The highest BCUT2D eigenvalue weighted by Crippen LogP contribution is 2.08. The molecule has 0 fully saturated rings. The number of nitrogens with one attached hydrogen (secondary N) is 1. The first kappa shape index (κ1) is 15.4. The molecule has 0 rings (SSSR count). The van der Waals surface area contributed by atoms with Gasteiger partial charge in [-0.25, -0.2) is 5.84 Å². The maximum Gasteiger partial charge on any atom is 0.233 e. The summed E-state index contributed by atoms with van der Waals surface area (Å²) in [5, 5.41) is 0. The van der Waals surface area contributed by atoms with Crippen LogP contribution in [-0.2, 0) is 9.53 Å². The molecule has 0 aliphatic heterocycles. The molecule has 0 aromatic carbocycles. The number of hydrogen-bond donors (Lipinski definition) is 2. The first-order valence-corrected chi connectivity index (χ1v) is 6.31. The van der Waals surface area contributed by atoms with Crippen molar-refractivity contribution in [3.63, 3.8) is 0 Å². The fraction of sp³-hybridized carbons (Fsp3) is 0.917. The zero-order chi connectivity index (χ0) is 12.2. The Morgan fingerprint density at radius 1 is 1.31 bits per heavy atom. The van der Waals surface area contributed by atoms with Gasteiger partial charge in [0.05, 0.1) is 6.10 Å². The van der Waals surface area contributed by atoms with Crippen LogP contribution in [0.15, 0.2) is 0 Å². The van der Waals surface area contributed by atoms with Crippen LogP contribution in [-0.4, -0.2) is 18.6 Å². The molecule has 0 radical (unpaired) electrons. The molecule has 96 valence electrons. The van der Waals surface area contributed by atoms with Crippen LogP contribution in [0.25, 0.3) is 0 Å². The zero-order valence-electron chi connectivity index (χ0n) is 10.6. The molecule has 3 N–H and O–H groups in total. The molecular weight excluding hydrogens is 204 g/mol. The van der Waals surface area contributed by atoms with Crippen LogP contribution in [0.3, 0.4) is 0 Å². The largest absolute Gasteiger partial charge is 0.378 e. The van der Waals surface area contributed by atoms with E-state index in [1.54, 1.807) is 0 Å². The van der Waals surface area contributed by atoms with Gasteiger partial charge in [0.25, 0.3) is 0 Å². The minimum Gasteiger partial charge on any atom is -0.378 e.